The Bertz CT molecular complexity index is 333. The largest absolute Gasteiger partial charge is 0.444 e. The molecule has 0 radical (unpaired) electrons. The fourth-order valence-electron chi connectivity index (χ4n) is 2.72. The summed E-state index contributed by atoms with van der Waals surface area (Å²) in [6.07, 6.45) is 2.54. The van der Waals surface area contributed by atoms with Crippen molar-refractivity contribution in [1.82, 2.24) is 4.90 Å². The van der Waals surface area contributed by atoms with Crippen molar-refractivity contribution in [3.8, 4) is 0 Å². The molecule has 0 aromatic rings. The van der Waals surface area contributed by atoms with E-state index in [0.29, 0.717) is 13.1 Å². The van der Waals surface area contributed by atoms with Crippen molar-refractivity contribution in [2.45, 2.75) is 73.3 Å². The van der Waals surface area contributed by atoms with Crippen molar-refractivity contribution >= 4 is 11.9 Å². The monoisotopic (exact) mass is 299 g/mol. The van der Waals surface area contributed by atoms with Gasteiger partial charge in [-0.05, 0) is 46.5 Å². The molecule has 2 atom stereocenters. The van der Waals surface area contributed by atoms with E-state index in [-0.39, 0.29) is 23.7 Å². The summed E-state index contributed by atoms with van der Waals surface area (Å²) in [7, 11) is 0. The van der Waals surface area contributed by atoms with Crippen LogP contribution in [0.2, 0.25) is 0 Å². The molecule has 0 aromatic carbocycles. The third-order valence-corrected chi connectivity index (χ3v) is 3.57. The van der Waals surface area contributed by atoms with Gasteiger partial charge in [-0.1, -0.05) is 27.2 Å². The van der Waals surface area contributed by atoms with Gasteiger partial charge in [0, 0.05) is 19.0 Å². The van der Waals surface area contributed by atoms with Gasteiger partial charge in [-0.25, -0.2) is 4.79 Å². The van der Waals surface area contributed by atoms with E-state index >= 15 is 0 Å². The lowest BCUT2D eigenvalue weighted by Crippen LogP contribution is -2.47. The first kappa shape index (κ1) is 19.9. The smallest absolute Gasteiger partial charge is 0.410 e. The van der Waals surface area contributed by atoms with Crippen LogP contribution in [0.1, 0.15) is 67.7 Å². The zero-order valence-electron chi connectivity index (χ0n) is 14.9. The maximum absolute atomic E-state index is 12.1. The molecular weight excluding hydrogens is 266 g/mol. The van der Waals surface area contributed by atoms with Gasteiger partial charge in [0.25, 0.3) is 0 Å². The predicted molar refractivity (Wildman–Crippen MR) is 86.3 cm³/mol. The third kappa shape index (κ3) is 6.96. The summed E-state index contributed by atoms with van der Waals surface area (Å²) in [4.78, 5) is 25.5. The molecule has 0 saturated carbocycles. The SMILES string of the molecule is CC.CCCC1CN(C(=O)OC(C)(C)C)CCC1C(C)=O. The maximum atomic E-state index is 12.1. The van der Waals surface area contributed by atoms with Crippen LogP contribution in [0.4, 0.5) is 4.79 Å². The van der Waals surface area contributed by atoms with E-state index in [1.807, 2.05) is 34.6 Å². The molecule has 1 fully saturated rings. The van der Waals surface area contributed by atoms with Crippen molar-refractivity contribution in [3.05, 3.63) is 0 Å². The Morgan fingerprint density at radius 1 is 1.24 bits per heavy atom. The Labute approximate surface area is 130 Å². The van der Waals surface area contributed by atoms with E-state index in [0.717, 1.165) is 19.3 Å². The zero-order valence-corrected chi connectivity index (χ0v) is 14.9. The number of ether oxygens (including phenoxy) is 1. The van der Waals surface area contributed by atoms with Gasteiger partial charge < -0.3 is 9.64 Å². The molecule has 0 aliphatic carbocycles. The van der Waals surface area contributed by atoms with E-state index in [9.17, 15) is 9.59 Å². The van der Waals surface area contributed by atoms with Crippen LogP contribution in [0.3, 0.4) is 0 Å². The van der Waals surface area contributed by atoms with Crippen molar-refractivity contribution in [2.24, 2.45) is 11.8 Å². The van der Waals surface area contributed by atoms with Gasteiger partial charge in [0.15, 0.2) is 0 Å². The van der Waals surface area contributed by atoms with Gasteiger partial charge in [-0.2, -0.15) is 0 Å². The lowest BCUT2D eigenvalue weighted by atomic mass is 9.80. The van der Waals surface area contributed by atoms with E-state index in [4.69, 9.17) is 4.74 Å². The molecule has 0 spiro atoms. The molecule has 0 N–H and O–H groups in total. The molecule has 1 rings (SSSR count). The highest BCUT2D eigenvalue weighted by atomic mass is 16.6. The Morgan fingerprint density at radius 3 is 2.24 bits per heavy atom. The average Bonchev–Trinajstić information content (AvgIpc) is 2.39. The lowest BCUT2D eigenvalue weighted by molar-refractivity contribution is -0.124. The summed E-state index contributed by atoms with van der Waals surface area (Å²) in [6, 6.07) is 0. The summed E-state index contributed by atoms with van der Waals surface area (Å²) in [6.45, 7) is 14.7. The second-order valence-electron chi connectivity index (χ2n) is 6.48. The van der Waals surface area contributed by atoms with E-state index in [1.165, 1.54) is 0 Å². The second-order valence-corrected chi connectivity index (χ2v) is 6.48. The van der Waals surface area contributed by atoms with Crippen LogP contribution >= 0.6 is 0 Å². The highest BCUT2D eigenvalue weighted by molar-refractivity contribution is 5.79. The molecule has 1 aliphatic heterocycles. The summed E-state index contributed by atoms with van der Waals surface area (Å²) in [5.74, 6) is 0.643. The van der Waals surface area contributed by atoms with Crippen molar-refractivity contribution in [2.75, 3.05) is 13.1 Å². The first-order chi connectivity index (χ1) is 9.74. The molecule has 2 unspecified atom stereocenters. The minimum absolute atomic E-state index is 0.110. The third-order valence-electron chi connectivity index (χ3n) is 3.57. The number of likely N-dealkylation sites (tertiary alicyclic amines) is 1. The van der Waals surface area contributed by atoms with E-state index < -0.39 is 5.60 Å². The fraction of sp³-hybridized carbons (Fsp3) is 0.882. The minimum Gasteiger partial charge on any atom is -0.444 e. The number of amides is 1. The van der Waals surface area contributed by atoms with Gasteiger partial charge in [0.05, 0.1) is 0 Å². The van der Waals surface area contributed by atoms with Crippen LogP contribution in [0.15, 0.2) is 0 Å². The Balaban J connectivity index is 0.00000191. The topological polar surface area (TPSA) is 46.6 Å². The highest BCUT2D eigenvalue weighted by Crippen LogP contribution is 2.29. The van der Waals surface area contributed by atoms with Gasteiger partial charge in [0.1, 0.15) is 11.4 Å². The van der Waals surface area contributed by atoms with Crippen LogP contribution in [-0.4, -0.2) is 35.5 Å². The summed E-state index contributed by atoms with van der Waals surface area (Å²) in [5, 5.41) is 0. The summed E-state index contributed by atoms with van der Waals surface area (Å²) >= 11 is 0. The average molecular weight is 299 g/mol. The molecular formula is C17H33NO3. The molecule has 0 aromatic heterocycles. The van der Waals surface area contributed by atoms with Gasteiger partial charge >= 0.3 is 6.09 Å². The summed E-state index contributed by atoms with van der Waals surface area (Å²) in [5.41, 5.74) is -0.464. The second kappa shape index (κ2) is 9.06. The lowest BCUT2D eigenvalue weighted by Gasteiger charge is -2.38. The summed E-state index contributed by atoms with van der Waals surface area (Å²) < 4.78 is 5.40. The van der Waals surface area contributed by atoms with Crippen LogP contribution in [-0.2, 0) is 9.53 Å². The normalized spacial score (nSPS) is 22.1. The molecule has 1 heterocycles. The number of rotatable bonds is 3. The first-order valence-corrected chi connectivity index (χ1v) is 8.23. The van der Waals surface area contributed by atoms with Gasteiger partial charge in [0.2, 0.25) is 0 Å². The van der Waals surface area contributed by atoms with Gasteiger partial charge in [-0.3, -0.25) is 4.79 Å². The quantitative estimate of drug-likeness (QED) is 0.781. The number of carbonyl (C=O) groups is 2. The number of ketones is 1. The number of piperidine rings is 1. The van der Waals surface area contributed by atoms with Crippen LogP contribution in [0.25, 0.3) is 0 Å². The van der Waals surface area contributed by atoms with E-state index in [2.05, 4.69) is 6.92 Å². The minimum atomic E-state index is -0.464. The Morgan fingerprint density at radius 2 is 1.81 bits per heavy atom. The molecule has 124 valence electrons. The molecule has 1 saturated heterocycles. The first-order valence-electron chi connectivity index (χ1n) is 8.23. The molecule has 1 aliphatic rings. The van der Waals surface area contributed by atoms with Gasteiger partial charge in [-0.15, -0.1) is 0 Å². The van der Waals surface area contributed by atoms with Crippen molar-refractivity contribution in [3.63, 3.8) is 0 Å². The Kier molecular flexibility index (Phi) is 8.60. The van der Waals surface area contributed by atoms with Crippen LogP contribution < -0.4 is 0 Å². The molecule has 21 heavy (non-hydrogen) atoms. The highest BCUT2D eigenvalue weighted by Gasteiger charge is 2.34. The van der Waals surface area contributed by atoms with E-state index in [1.54, 1.807) is 11.8 Å². The van der Waals surface area contributed by atoms with Crippen LogP contribution in [0.5, 0.6) is 0 Å². The number of hydrogen-bond donors (Lipinski definition) is 0. The standard InChI is InChI=1S/C15H27NO3.C2H6/c1-6-7-12-10-16(9-8-13(12)11(2)17)14(18)19-15(3,4)5;1-2/h12-13H,6-10H2,1-5H3;1-2H3. The number of Topliss-reactive ketones (excluding diaryl/α,β-unsaturated/α-hetero) is 1. The molecule has 1 amide bonds. The molecule has 0 bridgehead atoms. The number of carbonyl (C=O) groups excluding carboxylic acids is 2. The van der Waals surface area contributed by atoms with Crippen molar-refractivity contribution in [1.29, 1.82) is 0 Å². The van der Waals surface area contributed by atoms with Crippen molar-refractivity contribution < 1.29 is 14.3 Å². The van der Waals surface area contributed by atoms with Crippen LogP contribution in [0, 0.1) is 11.8 Å². The maximum Gasteiger partial charge on any atom is 0.410 e. The predicted octanol–water partition coefficient (Wildman–Crippen LogP) is 4.27. The fourth-order valence-corrected chi connectivity index (χ4v) is 2.72. The number of nitrogens with zero attached hydrogens (tertiary/aromatic N) is 1. The molecule has 4 heteroatoms. The molecule has 4 nitrogen and oxygen atoms in total. The zero-order chi connectivity index (χ0) is 16.6. The Hall–Kier alpha value is -1.06. The number of hydrogen-bond acceptors (Lipinski definition) is 3.